The SMILES string of the molecule is O=C(Nc1cccc(-n2cnnn2)c1)c1cc(-c2ccc(Cl)cc2)on1. The van der Waals surface area contributed by atoms with E-state index in [2.05, 4.69) is 26.0 Å². The van der Waals surface area contributed by atoms with E-state index in [4.69, 9.17) is 16.1 Å². The number of halogens is 1. The molecule has 4 rings (SSSR count). The molecule has 0 spiro atoms. The molecule has 0 unspecified atom stereocenters. The predicted octanol–water partition coefficient (Wildman–Crippen LogP) is 3.22. The first kappa shape index (κ1) is 16.0. The molecule has 0 radical (unpaired) electrons. The highest BCUT2D eigenvalue weighted by Gasteiger charge is 2.14. The van der Waals surface area contributed by atoms with E-state index in [1.165, 1.54) is 11.0 Å². The van der Waals surface area contributed by atoms with Crippen molar-refractivity contribution in [1.29, 1.82) is 0 Å². The average Bonchev–Trinajstić information content (AvgIpc) is 3.35. The van der Waals surface area contributed by atoms with E-state index >= 15 is 0 Å². The minimum absolute atomic E-state index is 0.169. The van der Waals surface area contributed by atoms with Crippen LogP contribution in [0, 0.1) is 0 Å². The molecule has 0 aliphatic carbocycles. The Morgan fingerprint density at radius 2 is 1.96 bits per heavy atom. The second-order valence-electron chi connectivity index (χ2n) is 5.34. The van der Waals surface area contributed by atoms with Gasteiger partial charge in [0.05, 0.1) is 5.69 Å². The standard InChI is InChI=1S/C17H11ClN6O2/c18-12-6-4-11(5-7-12)16-9-15(21-26-16)17(25)20-13-2-1-3-14(8-13)24-10-19-22-23-24/h1-10H,(H,20,25). The van der Waals surface area contributed by atoms with Crippen LogP contribution in [0.5, 0.6) is 0 Å². The fraction of sp³-hybridized carbons (Fsp3) is 0. The summed E-state index contributed by atoms with van der Waals surface area (Å²) in [5.74, 6) is 0.0945. The third kappa shape index (κ3) is 3.31. The Balaban J connectivity index is 1.52. The number of amides is 1. The molecule has 0 fully saturated rings. The van der Waals surface area contributed by atoms with Crippen LogP contribution in [0.2, 0.25) is 5.02 Å². The highest BCUT2D eigenvalue weighted by molar-refractivity contribution is 6.30. The van der Waals surface area contributed by atoms with E-state index in [1.54, 1.807) is 48.5 Å². The Kier molecular flexibility index (Phi) is 4.16. The van der Waals surface area contributed by atoms with Crippen LogP contribution in [0.3, 0.4) is 0 Å². The third-order valence-electron chi connectivity index (χ3n) is 3.59. The Hall–Kier alpha value is -3.52. The minimum Gasteiger partial charge on any atom is -0.355 e. The number of rotatable bonds is 4. The second kappa shape index (κ2) is 6.77. The van der Waals surface area contributed by atoms with E-state index in [9.17, 15) is 4.79 Å². The summed E-state index contributed by atoms with van der Waals surface area (Å²) in [6.07, 6.45) is 1.47. The Labute approximate surface area is 152 Å². The maximum absolute atomic E-state index is 12.4. The largest absolute Gasteiger partial charge is 0.355 e. The van der Waals surface area contributed by atoms with Gasteiger partial charge in [-0.3, -0.25) is 4.79 Å². The number of benzene rings is 2. The fourth-order valence-corrected chi connectivity index (χ4v) is 2.46. The minimum atomic E-state index is -0.386. The predicted molar refractivity (Wildman–Crippen MR) is 94.1 cm³/mol. The summed E-state index contributed by atoms with van der Waals surface area (Å²) in [5, 5.41) is 18.2. The Morgan fingerprint density at radius 1 is 1.12 bits per heavy atom. The number of aromatic nitrogens is 5. The number of anilines is 1. The molecular formula is C17H11ClN6O2. The van der Waals surface area contributed by atoms with Gasteiger partial charge in [0.15, 0.2) is 11.5 Å². The number of carbonyl (C=O) groups excluding carboxylic acids is 1. The fourth-order valence-electron chi connectivity index (χ4n) is 2.33. The lowest BCUT2D eigenvalue weighted by atomic mass is 10.1. The first-order chi connectivity index (χ1) is 12.7. The van der Waals surface area contributed by atoms with Crippen molar-refractivity contribution in [2.24, 2.45) is 0 Å². The van der Waals surface area contributed by atoms with Crippen molar-refractivity contribution in [1.82, 2.24) is 25.4 Å². The van der Waals surface area contributed by atoms with Gasteiger partial charge in [-0.05, 0) is 52.9 Å². The van der Waals surface area contributed by atoms with Gasteiger partial charge in [0.2, 0.25) is 0 Å². The number of nitrogens with one attached hydrogen (secondary N) is 1. The molecule has 8 nitrogen and oxygen atoms in total. The molecule has 2 aromatic heterocycles. The summed E-state index contributed by atoms with van der Waals surface area (Å²) in [6.45, 7) is 0. The second-order valence-corrected chi connectivity index (χ2v) is 5.78. The molecule has 0 saturated heterocycles. The van der Waals surface area contributed by atoms with E-state index < -0.39 is 0 Å². The van der Waals surface area contributed by atoms with Crippen molar-refractivity contribution in [3.63, 3.8) is 0 Å². The molecule has 0 aliphatic heterocycles. The maximum Gasteiger partial charge on any atom is 0.277 e. The van der Waals surface area contributed by atoms with E-state index in [1.807, 2.05) is 6.07 Å². The molecular weight excluding hydrogens is 356 g/mol. The smallest absolute Gasteiger partial charge is 0.277 e. The van der Waals surface area contributed by atoms with Crippen molar-refractivity contribution in [2.75, 3.05) is 5.32 Å². The van der Waals surface area contributed by atoms with Crippen LogP contribution in [-0.2, 0) is 0 Å². The van der Waals surface area contributed by atoms with E-state index in [0.29, 0.717) is 16.5 Å². The summed E-state index contributed by atoms with van der Waals surface area (Å²) in [7, 11) is 0. The van der Waals surface area contributed by atoms with E-state index in [-0.39, 0.29) is 11.6 Å². The molecule has 0 atom stereocenters. The zero-order valence-electron chi connectivity index (χ0n) is 13.2. The van der Waals surface area contributed by atoms with Gasteiger partial charge in [-0.15, -0.1) is 5.10 Å². The van der Waals surface area contributed by atoms with Gasteiger partial charge in [0.25, 0.3) is 5.91 Å². The van der Waals surface area contributed by atoms with Gasteiger partial charge in [0.1, 0.15) is 6.33 Å². The summed E-state index contributed by atoms with van der Waals surface area (Å²) < 4.78 is 6.74. The highest BCUT2D eigenvalue weighted by Crippen LogP contribution is 2.23. The zero-order valence-corrected chi connectivity index (χ0v) is 14.0. The highest BCUT2D eigenvalue weighted by atomic mass is 35.5. The average molecular weight is 367 g/mol. The zero-order chi connectivity index (χ0) is 17.9. The first-order valence-corrected chi connectivity index (χ1v) is 7.94. The van der Waals surface area contributed by atoms with Gasteiger partial charge in [-0.1, -0.05) is 22.8 Å². The van der Waals surface area contributed by atoms with Crippen LogP contribution < -0.4 is 5.32 Å². The number of hydrogen-bond acceptors (Lipinski definition) is 6. The lowest BCUT2D eigenvalue weighted by Crippen LogP contribution is -2.12. The van der Waals surface area contributed by atoms with Crippen LogP contribution in [0.1, 0.15) is 10.5 Å². The number of hydrogen-bond donors (Lipinski definition) is 1. The van der Waals surface area contributed by atoms with Crippen LogP contribution >= 0.6 is 11.6 Å². The number of nitrogens with zero attached hydrogens (tertiary/aromatic N) is 5. The van der Waals surface area contributed by atoms with Gasteiger partial charge >= 0.3 is 0 Å². The molecule has 0 bridgehead atoms. The summed E-state index contributed by atoms with van der Waals surface area (Å²) >= 11 is 5.87. The Bertz CT molecular complexity index is 1040. The van der Waals surface area contributed by atoms with E-state index in [0.717, 1.165) is 11.3 Å². The molecule has 2 heterocycles. The summed E-state index contributed by atoms with van der Waals surface area (Å²) in [6, 6.07) is 15.7. The molecule has 2 aromatic carbocycles. The van der Waals surface area contributed by atoms with Crippen molar-refractivity contribution in [3.05, 3.63) is 71.6 Å². The van der Waals surface area contributed by atoms with Crippen LogP contribution in [0.4, 0.5) is 5.69 Å². The van der Waals surface area contributed by atoms with Gasteiger partial charge < -0.3 is 9.84 Å². The molecule has 0 saturated carbocycles. The monoisotopic (exact) mass is 366 g/mol. The molecule has 9 heteroatoms. The summed E-state index contributed by atoms with van der Waals surface area (Å²) in [5.41, 5.74) is 2.25. The third-order valence-corrected chi connectivity index (χ3v) is 3.84. The van der Waals surface area contributed by atoms with Crippen molar-refractivity contribution < 1.29 is 9.32 Å². The topological polar surface area (TPSA) is 98.7 Å². The molecule has 1 N–H and O–H groups in total. The molecule has 128 valence electrons. The normalized spacial score (nSPS) is 10.7. The van der Waals surface area contributed by atoms with Crippen LogP contribution in [-0.4, -0.2) is 31.3 Å². The molecule has 1 amide bonds. The molecule has 0 aliphatic rings. The maximum atomic E-state index is 12.4. The van der Waals surface area contributed by atoms with Crippen LogP contribution in [0.25, 0.3) is 17.0 Å². The Morgan fingerprint density at radius 3 is 2.73 bits per heavy atom. The number of tetrazole rings is 1. The van der Waals surface area contributed by atoms with Crippen LogP contribution in [0.15, 0.2) is 65.4 Å². The number of carbonyl (C=O) groups is 1. The lowest BCUT2D eigenvalue weighted by Gasteiger charge is -2.05. The van der Waals surface area contributed by atoms with Gasteiger partial charge in [0, 0.05) is 22.3 Å². The molecule has 26 heavy (non-hydrogen) atoms. The lowest BCUT2D eigenvalue weighted by molar-refractivity contribution is 0.101. The van der Waals surface area contributed by atoms with Gasteiger partial charge in [-0.2, -0.15) is 0 Å². The quantitative estimate of drug-likeness (QED) is 0.595. The first-order valence-electron chi connectivity index (χ1n) is 7.56. The molecule has 4 aromatic rings. The van der Waals surface area contributed by atoms with Crippen molar-refractivity contribution in [2.45, 2.75) is 0 Å². The van der Waals surface area contributed by atoms with Crippen molar-refractivity contribution >= 4 is 23.2 Å². The van der Waals surface area contributed by atoms with Gasteiger partial charge in [-0.25, -0.2) is 4.68 Å². The summed E-state index contributed by atoms with van der Waals surface area (Å²) in [4.78, 5) is 12.4. The van der Waals surface area contributed by atoms with Crippen molar-refractivity contribution in [3.8, 4) is 17.0 Å².